The van der Waals surface area contributed by atoms with Gasteiger partial charge in [0.15, 0.2) is 34.5 Å². The van der Waals surface area contributed by atoms with Gasteiger partial charge in [-0.15, -0.1) is 0 Å². The Bertz CT molecular complexity index is 1640. The molecule has 178 valence electrons. The summed E-state index contributed by atoms with van der Waals surface area (Å²) in [6, 6.07) is 11.9. The number of fused-ring (bicyclic) bond motifs is 3. The molecule has 0 radical (unpaired) electrons. The zero-order chi connectivity index (χ0) is 25.0. The van der Waals surface area contributed by atoms with Gasteiger partial charge >= 0.3 is 5.97 Å². The molecule has 0 bridgehead atoms. The Morgan fingerprint density at radius 2 is 1.60 bits per heavy atom. The van der Waals surface area contributed by atoms with Crippen LogP contribution in [-0.2, 0) is 4.79 Å². The lowest BCUT2D eigenvalue weighted by atomic mass is 10.0. The number of nitrogens with zero attached hydrogens (tertiary/aromatic N) is 2. The van der Waals surface area contributed by atoms with E-state index >= 15 is 0 Å². The highest BCUT2D eigenvalue weighted by Gasteiger charge is 2.27. The molecule has 1 aliphatic rings. The first-order valence-electron chi connectivity index (χ1n) is 10.7. The van der Waals surface area contributed by atoms with Crippen molar-refractivity contribution in [2.75, 3.05) is 12.1 Å². The van der Waals surface area contributed by atoms with Crippen molar-refractivity contribution in [1.82, 2.24) is 4.68 Å². The Labute approximate surface area is 198 Å². The Balaban J connectivity index is 1.82. The van der Waals surface area contributed by atoms with E-state index in [1.165, 1.54) is 37.3 Å². The number of hydrogen-bond acceptors (Lipinski definition) is 8. The van der Waals surface area contributed by atoms with E-state index < -0.39 is 5.97 Å². The molecule has 9 nitrogen and oxygen atoms in total. The number of esters is 1. The summed E-state index contributed by atoms with van der Waals surface area (Å²) < 4.78 is 7.06. The average molecular weight is 474 g/mol. The van der Waals surface area contributed by atoms with Crippen LogP contribution >= 0.6 is 0 Å². The van der Waals surface area contributed by atoms with Crippen LogP contribution in [0.4, 0.5) is 0 Å². The van der Waals surface area contributed by atoms with Crippen molar-refractivity contribution in [3.05, 3.63) is 70.2 Å². The van der Waals surface area contributed by atoms with Gasteiger partial charge in [-0.05, 0) is 59.7 Å². The highest BCUT2D eigenvalue weighted by atomic mass is 16.5. The number of aromatic hydroxyl groups is 5. The molecule has 1 atom stereocenters. The van der Waals surface area contributed by atoms with Crippen LogP contribution in [0.2, 0.25) is 0 Å². The number of ether oxygens (including phenoxy) is 1. The minimum absolute atomic E-state index is 0.0140. The maximum atomic E-state index is 11.5. The van der Waals surface area contributed by atoms with E-state index in [1.54, 1.807) is 24.3 Å². The second-order valence-electron chi connectivity index (χ2n) is 8.34. The van der Waals surface area contributed by atoms with E-state index in [-0.39, 0.29) is 40.5 Å². The van der Waals surface area contributed by atoms with E-state index in [1.807, 2.05) is 22.8 Å². The molecule has 5 rings (SSSR count). The van der Waals surface area contributed by atoms with Crippen molar-refractivity contribution in [2.24, 2.45) is 0 Å². The van der Waals surface area contributed by atoms with Crippen molar-refractivity contribution in [3.8, 4) is 34.5 Å². The smallest absolute Gasteiger partial charge is 0.308 e. The first kappa shape index (κ1) is 22.0. The average Bonchev–Trinajstić information content (AvgIpc) is 3.30. The molecule has 0 saturated heterocycles. The summed E-state index contributed by atoms with van der Waals surface area (Å²) in [6.45, 7) is 1.24. The molecule has 0 saturated carbocycles. The van der Waals surface area contributed by atoms with Gasteiger partial charge in [0.2, 0.25) is 0 Å². The largest absolute Gasteiger partial charge is 0.504 e. The van der Waals surface area contributed by atoms with Gasteiger partial charge in [-0.1, -0.05) is 12.1 Å². The number of phenols is 5. The Morgan fingerprint density at radius 3 is 2.26 bits per heavy atom. The molecule has 1 aromatic heterocycles. The molecule has 0 spiro atoms. The zero-order valence-corrected chi connectivity index (χ0v) is 18.8. The molecule has 35 heavy (non-hydrogen) atoms. The second kappa shape index (κ2) is 7.91. The van der Waals surface area contributed by atoms with Crippen LogP contribution in [0.25, 0.3) is 23.1 Å². The summed E-state index contributed by atoms with van der Waals surface area (Å²) in [6.07, 6.45) is 3.68. The first-order valence-corrected chi connectivity index (χ1v) is 10.7. The van der Waals surface area contributed by atoms with Gasteiger partial charge in [0.05, 0.1) is 22.3 Å². The number of hydrogen-bond donors (Lipinski definition) is 5. The van der Waals surface area contributed by atoms with Crippen LogP contribution in [0, 0.1) is 0 Å². The summed E-state index contributed by atoms with van der Waals surface area (Å²) in [5.74, 6) is -1.77. The molecule has 9 heteroatoms. The molecular weight excluding hydrogens is 452 g/mol. The summed E-state index contributed by atoms with van der Waals surface area (Å²) in [5.41, 5.74) is 1.93. The molecule has 5 N–H and O–H groups in total. The van der Waals surface area contributed by atoms with Gasteiger partial charge < -0.3 is 35.3 Å². The predicted molar refractivity (Wildman–Crippen MR) is 129 cm³/mol. The molecule has 0 aliphatic carbocycles. The number of benzene rings is 3. The molecular formula is C26H22N2O7. The molecule has 0 fully saturated rings. The van der Waals surface area contributed by atoms with E-state index in [4.69, 9.17) is 4.74 Å². The number of phenolic OH excluding ortho intramolecular Hbond substituents is 5. The van der Waals surface area contributed by atoms with Gasteiger partial charge in [-0.2, -0.15) is 0 Å². The summed E-state index contributed by atoms with van der Waals surface area (Å²) in [4.78, 5) is 11.5. The van der Waals surface area contributed by atoms with E-state index in [0.717, 1.165) is 5.56 Å². The monoisotopic (exact) mass is 474 g/mol. The normalized spacial score (nSPS) is 15.3. The third-order valence-electron chi connectivity index (χ3n) is 6.06. The maximum Gasteiger partial charge on any atom is 0.308 e. The molecule has 1 aliphatic heterocycles. The van der Waals surface area contributed by atoms with Crippen LogP contribution in [0.15, 0.2) is 48.5 Å². The van der Waals surface area contributed by atoms with Crippen molar-refractivity contribution >= 4 is 29.0 Å². The Hall–Kier alpha value is -4.79. The molecule has 3 aromatic carbocycles. The lowest BCUT2D eigenvalue weighted by Crippen LogP contribution is -2.35. The topological polar surface area (TPSA) is 136 Å². The minimum atomic E-state index is -0.573. The minimum Gasteiger partial charge on any atom is -0.504 e. The fourth-order valence-corrected chi connectivity index (χ4v) is 4.47. The van der Waals surface area contributed by atoms with Gasteiger partial charge in [-0.3, -0.25) is 9.47 Å². The Kier molecular flexibility index (Phi) is 4.98. The van der Waals surface area contributed by atoms with Crippen molar-refractivity contribution in [2.45, 2.75) is 13.0 Å². The van der Waals surface area contributed by atoms with Crippen LogP contribution < -0.4 is 20.3 Å². The zero-order valence-electron chi connectivity index (χ0n) is 18.8. The number of carbonyl (C=O) groups is 1. The quantitative estimate of drug-likeness (QED) is 0.173. The highest BCUT2D eigenvalue weighted by molar-refractivity contribution is 5.92. The van der Waals surface area contributed by atoms with E-state index in [0.29, 0.717) is 27.0 Å². The van der Waals surface area contributed by atoms with Crippen LogP contribution in [0.1, 0.15) is 24.1 Å². The van der Waals surface area contributed by atoms with E-state index in [2.05, 4.69) is 0 Å². The van der Waals surface area contributed by atoms with Gasteiger partial charge in [0, 0.05) is 19.2 Å². The lowest BCUT2D eigenvalue weighted by Gasteiger charge is -2.25. The third-order valence-corrected chi connectivity index (χ3v) is 6.06. The van der Waals surface area contributed by atoms with Crippen molar-refractivity contribution in [3.63, 3.8) is 0 Å². The summed E-state index contributed by atoms with van der Waals surface area (Å²) >= 11 is 0. The fourth-order valence-electron chi connectivity index (χ4n) is 4.47. The second-order valence-corrected chi connectivity index (χ2v) is 8.34. The predicted octanol–water partition coefficient (Wildman–Crippen LogP) is 2.03. The van der Waals surface area contributed by atoms with Crippen molar-refractivity contribution < 1.29 is 35.1 Å². The third kappa shape index (κ3) is 3.54. The fraction of sp³-hybridized carbons (Fsp3) is 0.115. The van der Waals surface area contributed by atoms with Gasteiger partial charge in [0.1, 0.15) is 0 Å². The number of aromatic nitrogens is 1. The summed E-state index contributed by atoms with van der Waals surface area (Å²) in [7, 11) is 1.84. The van der Waals surface area contributed by atoms with Crippen LogP contribution in [0.3, 0.4) is 0 Å². The maximum absolute atomic E-state index is 11.5. The van der Waals surface area contributed by atoms with Gasteiger partial charge in [0.25, 0.3) is 0 Å². The number of rotatable bonds is 3. The lowest BCUT2D eigenvalue weighted by molar-refractivity contribution is -0.132. The Morgan fingerprint density at radius 1 is 0.914 bits per heavy atom. The first-order chi connectivity index (χ1) is 16.7. The SMILES string of the molecule is CC(=O)Oc1ccc2c(c1O)/c(=C/c1ccc(O)c(O)c1)c1n2N(C)C(c2ccc(O)c(O)c2)C=1. The number of carbonyl (C=O) groups excluding carboxylic acids is 1. The molecule has 0 amide bonds. The van der Waals surface area contributed by atoms with Crippen molar-refractivity contribution in [1.29, 1.82) is 0 Å². The summed E-state index contributed by atoms with van der Waals surface area (Å²) in [5, 5.41) is 54.1. The molecule has 2 heterocycles. The van der Waals surface area contributed by atoms with Crippen LogP contribution in [0.5, 0.6) is 34.5 Å². The highest BCUT2D eigenvalue weighted by Crippen LogP contribution is 2.36. The van der Waals surface area contributed by atoms with Gasteiger partial charge in [-0.25, -0.2) is 0 Å². The van der Waals surface area contributed by atoms with Crippen LogP contribution in [-0.4, -0.2) is 43.2 Å². The van der Waals surface area contributed by atoms with E-state index in [9.17, 15) is 30.3 Å². The standard InChI is InChI=1S/C26H22N2O7/c1-13(29)35-24-8-5-17-25(26(24)34)16(9-14-3-6-20(30)22(32)10-14)19-12-18(27(2)28(17)19)15-4-7-21(31)23(33)11-15/h3-12,18,30-34H,1-2H3/b16-9+. The molecule has 1 unspecified atom stereocenters. The molecule has 4 aromatic rings.